The van der Waals surface area contributed by atoms with Gasteiger partial charge >= 0.3 is 0 Å². The van der Waals surface area contributed by atoms with Crippen molar-refractivity contribution in [2.75, 3.05) is 5.32 Å². The molecule has 0 aliphatic carbocycles. The van der Waals surface area contributed by atoms with Gasteiger partial charge in [-0.2, -0.15) is 0 Å². The van der Waals surface area contributed by atoms with Gasteiger partial charge in [0.05, 0.1) is 18.4 Å². The first-order valence-electron chi connectivity index (χ1n) is 7.72. The SMILES string of the molecule is C[C@@H](OCc1ccccc1)c1cc(F)ccc1N/C=C\C(=N)C(F)F. The van der Waals surface area contributed by atoms with Crippen molar-refractivity contribution in [1.82, 2.24) is 0 Å². The Kier molecular flexibility index (Phi) is 6.77. The van der Waals surface area contributed by atoms with Crippen LogP contribution in [-0.2, 0) is 11.3 Å². The van der Waals surface area contributed by atoms with Crippen LogP contribution < -0.4 is 5.32 Å². The molecule has 2 aromatic rings. The molecule has 0 aliphatic heterocycles. The molecule has 2 aromatic carbocycles. The maximum absolute atomic E-state index is 13.6. The van der Waals surface area contributed by atoms with E-state index in [4.69, 9.17) is 10.1 Å². The molecule has 3 nitrogen and oxygen atoms in total. The number of rotatable bonds is 8. The predicted octanol–water partition coefficient (Wildman–Crippen LogP) is 5.31. The van der Waals surface area contributed by atoms with Gasteiger partial charge in [0, 0.05) is 17.5 Å². The van der Waals surface area contributed by atoms with Crippen LogP contribution in [0.4, 0.5) is 18.9 Å². The van der Waals surface area contributed by atoms with E-state index in [9.17, 15) is 13.2 Å². The van der Waals surface area contributed by atoms with Crippen molar-refractivity contribution in [2.24, 2.45) is 0 Å². The van der Waals surface area contributed by atoms with E-state index in [0.717, 1.165) is 11.6 Å². The van der Waals surface area contributed by atoms with E-state index in [-0.39, 0.29) is 0 Å². The summed E-state index contributed by atoms with van der Waals surface area (Å²) in [7, 11) is 0. The average molecular weight is 348 g/mol. The van der Waals surface area contributed by atoms with Gasteiger partial charge in [0.25, 0.3) is 6.43 Å². The van der Waals surface area contributed by atoms with Crippen LogP contribution in [-0.4, -0.2) is 12.1 Å². The molecule has 1 atom stereocenters. The third kappa shape index (κ3) is 5.76. The second-order valence-electron chi connectivity index (χ2n) is 5.40. The lowest BCUT2D eigenvalue weighted by molar-refractivity contribution is 0.0528. The van der Waals surface area contributed by atoms with Gasteiger partial charge in [-0.1, -0.05) is 30.3 Å². The fourth-order valence-corrected chi connectivity index (χ4v) is 2.18. The Morgan fingerprint density at radius 2 is 1.92 bits per heavy atom. The van der Waals surface area contributed by atoms with Gasteiger partial charge in [-0.3, -0.25) is 5.41 Å². The maximum atomic E-state index is 13.6. The van der Waals surface area contributed by atoms with Gasteiger partial charge in [0.15, 0.2) is 0 Å². The van der Waals surface area contributed by atoms with Crippen molar-refractivity contribution < 1.29 is 17.9 Å². The van der Waals surface area contributed by atoms with Gasteiger partial charge in [0.2, 0.25) is 0 Å². The van der Waals surface area contributed by atoms with Crippen molar-refractivity contribution >= 4 is 11.4 Å². The van der Waals surface area contributed by atoms with Gasteiger partial charge < -0.3 is 10.1 Å². The predicted molar refractivity (Wildman–Crippen MR) is 92.5 cm³/mol. The standard InChI is InChI=1S/C19H19F3N2O/c1-13(25-12-14-5-3-2-4-6-14)16-11-15(20)7-8-18(16)24-10-9-17(23)19(21)22/h2-11,13,19,23-24H,12H2,1H3/b10-9-,23-17?/t13-/m1/s1. The van der Waals surface area contributed by atoms with Crippen molar-refractivity contribution in [2.45, 2.75) is 26.1 Å². The Morgan fingerprint density at radius 1 is 1.20 bits per heavy atom. The first kappa shape index (κ1) is 18.7. The average Bonchev–Trinajstić information content (AvgIpc) is 2.61. The normalized spacial score (nSPS) is 12.5. The summed E-state index contributed by atoms with van der Waals surface area (Å²) < 4.78 is 44.0. The van der Waals surface area contributed by atoms with Crippen LogP contribution >= 0.6 is 0 Å². The summed E-state index contributed by atoms with van der Waals surface area (Å²) in [6, 6.07) is 13.7. The zero-order valence-electron chi connectivity index (χ0n) is 13.7. The van der Waals surface area contributed by atoms with E-state index in [2.05, 4.69) is 5.32 Å². The second kappa shape index (κ2) is 9.03. The largest absolute Gasteiger partial charge is 0.369 e. The maximum Gasteiger partial charge on any atom is 0.279 e. The van der Waals surface area contributed by atoms with Crippen LogP contribution in [0.2, 0.25) is 0 Å². The lowest BCUT2D eigenvalue weighted by Crippen LogP contribution is -2.07. The minimum Gasteiger partial charge on any atom is -0.369 e. The number of alkyl halides is 2. The minimum absolute atomic E-state index is 0.365. The molecule has 0 fully saturated rings. The zero-order valence-corrected chi connectivity index (χ0v) is 13.7. The fraction of sp³-hybridized carbons (Fsp3) is 0.211. The van der Waals surface area contributed by atoms with E-state index in [1.165, 1.54) is 24.4 Å². The number of allylic oxidation sites excluding steroid dienone is 1. The number of ether oxygens (including phenoxy) is 1. The smallest absolute Gasteiger partial charge is 0.279 e. The molecule has 2 rings (SSSR count). The second-order valence-corrected chi connectivity index (χ2v) is 5.40. The third-order valence-electron chi connectivity index (χ3n) is 3.53. The van der Waals surface area contributed by atoms with Crippen molar-refractivity contribution in [1.29, 1.82) is 5.41 Å². The lowest BCUT2D eigenvalue weighted by Gasteiger charge is -2.17. The summed E-state index contributed by atoms with van der Waals surface area (Å²) >= 11 is 0. The molecular weight excluding hydrogens is 329 g/mol. The summed E-state index contributed by atoms with van der Waals surface area (Å²) in [5.41, 5.74) is 1.28. The fourth-order valence-electron chi connectivity index (χ4n) is 2.18. The summed E-state index contributed by atoms with van der Waals surface area (Å²) in [6.45, 7) is 2.15. The third-order valence-corrected chi connectivity index (χ3v) is 3.53. The molecule has 0 amide bonds. The molecule has 6 heteroatoms. The molecule has 0 spiro atoms. The van der Waals surface area contributed by atoms with Gasteiger partial charge in [-0.25, -0.2) is 13.2 Å². The molecule has 0 radical (unpaired) electrons. The quantitative estimate of drug-likeness (QED) is 0.635. The molecule has 0 aliphatic rings. The summed E-state index contributed by atoms with van der Waals surface area (Å²) in [6.07, 6.45) is -1.05. The highest BCUT2D eigenvalue weighted by atomic mass is 19.3. The highest BCUT2D eigenvalue weighted by Gasteiger charge is 2.13. The molecule has 132 valence electrons. The van der Waals surface area contributed by atoms with Gasteiger partial charge in [-0.15, -0.1) is 0 Å². The Labute approximate surface area is 144 Å². The molecule has 25 heavy (non-hydrogen) atoms. The Morgan fingerprint density at radius 3 is 2.60 bits per heavy atom. The number of benzene rings is 2. The molecule has 0 saturated carbocycles. The van der Waals surface area contributed by atoms with E-state index in [0.29, 0.717) is 17.9 Å². The number of anilines is 1. The molecule has 2 N–H and O–H groups in total. The van der Waals surface area contributed by atoms with E-state index in [1.807, 2.05) is 30.3 Å². The summed E-state index contributed by atoms with van der Waals surface area (Å²) in [5, 5.41) is 9.89. The molecule has 0 heterocycles. The van der Waals surface area contributed by atoms with Crippen LogP contribution in [0.1, 0.15) is 24.2 Å². The topological polar surface area (TPSA) is 45.1 Å². The molecule has 0 aromatic heterocycles. The zero-order chi connectivity index (χ0) is 18.2. The number of halogens is 3. The highest BCUT2D eigenvalue weighted by Crippen LogP contribution is 2.27. The Hall–Kier alpha value is -2.60. The number of hydrogen-bond acceptors (Lipinski definition) is 3. The first-order valence-corrected chi connectivity index (χ1v) is 7.72. The monoisotopic (exact) mass is 348 g/mol. The van der Waals surface area contributed by atoms with Crippen LogP contribution in [0.25, 0.3) is 0 Å². The van der Waals surface area contributed by atoms with Crippen molar-refractivity contribution in [3.8, 4) is 0 Å². The van der Waals surface area contributed by atoms with Crippen molar-refractivity contribution in [3.05, 3.63) is 77.8 Å². The summed E-state index contributed by atoms with van der Waals surface area (Å²) in [5.74, 6) is -0.417. The van der Waals surface area contributed by atoms with Crippen LogP contribution in [0.15, 0.2) is 60.8 Å². The Bertz CT molecular complexity index is 733. The van der Waals surface area contributed by atoms with Crippen LogP contribution in [0.3, 0.4) is 0 Å². The lowest BCUT2D eigenvalue weighted by atomic mass is 10.1. The van der Waals surface area contributed by atoms with E-state index in [1.54, 1.807) is 6.92 Å². The van der Waals surface area contributed by atoms with Crippen LogP contribution in [0.5, 0.6) is 0 Å². The summed E-state index contributed by atoms with van der Waals surface area (Å²) in [4.78, 5) is 0. The number of hydrogen-bond donors (Lipinski definition) is 2. The molecule has 0 saturated heterocycles. The van der Waals surface area contributed by atoms with Crippen LogP contribution in [0, 0.1) is 11.2 Å². The molecule has 0 unspecified atom stereocenters. The Balaban J connectivity index is 2.07. The minimum atomic E-state index is -2.83. The molecular formula is C19H19F3N2O. The van der Waals surface area contributed by atoms with Gasteiger partial charge in [-0.05, 0) is 36.8 Å². The highest BCUT2D eigenvalue weighted by molar-refractivity contribution is 5.95. The first-order chi connectivity index (χ1) is 12.0. The molecule has 0 bridgehead atoms. The van der Waals surface area contributed by atoms with Gasteiger partial charge in [0.1, 0.15) is 5.82 Å². The van der Waals surface area contributed by atoms with E-state index >= 15 is 0 Å². The number of nitrogens with one attached hydrogen (secondary N) is 2. The van der Waals surface area contributed by atoms with E-state index < -0.39 is 24.1 Å². The van der Waals surface area contributed by atoms with Crippen molar-refractivity contribution in [3.63, 3.8) is 0 Å².